The van der Waals surface area contributed by atoms with Crippen LogP contribution >= 0.6 is 0 Å². The number of amides is 1. The molecule has 0 atom stereocenters. The molecule has 0 radical (unpaired) electrons. The Labute approximate surface area is 116 Å². The molecule has 1 aromatic heterocycles. The van der Waals surface area contributed by atoms with Gasteiger partial charge in [0.2, 0.25) is 0 Å². The van der Waals surface area contributed by atoms with Gasteiger partial charge in [-0.15, -0.1) is 0 Å². The van der Waals surface area contributed by atoms with Crippen LogP contribution in [0.5, 0.6) is 0 Å². The van der Waals surface area contributed by atoms with Gasteiger partial charge in [0, 0.05) is 6.54 Å². The van der Waals surface area contributed by atoms with Crippen LogP contribution in [0.4, 0.5) is 10.1 Å². The van der Waals surface area contributed by atoms with Crippen LogP contribution in [0.25, 0.3) is 0 Å². The molecule has 0 aliphatic heterocycles. The Hall–Kier alpha value is -2.43. The zero-order valence-corrected chi connectivity index (χ0v) is 11.2. The third-order valence-corrected chi connectivity index (χ3v) is 2.97. The molecule has 0 fully saturated rings. The quantitative estimate of drug-likeness (QED) is 0.896. The third-order valence-electron chi connectivity index (χ3n) is 2.97. The first-order chi connectivity index (χ1) is 9.56. The number of rotatable bonds is 4. The fourth-order valence-electron chi connectivity index (χ4n) is 1.85. The molecule has 0 saturated heterocycles. The summed E-state index contributed by atoms with van der Waals surface area (Å²) in [6.45, 7) is 2.23. The van der Waals surface area contributed by atoms with E-state index in [9.17, 15) is 9.18 Å². The van der Waals surface area contributed by atoms with E-state index < -0.39 is 0 Å². The molecule has 1 amide bonds. The van der Waals surface area contributed by atoms with Gasteiger partial charge < -0.3 is 11.1 Å². The summed E-state index contributed by atoms with van der Waals surface area (Å²) < 4.78 is 12.8. The van der Waals surface area contributed by atoms with Crippen LogP contribution in [0.2, 0.25) is 0 Å². The van der Waals surface area contributed by atoms with Crippen molar-refractivity contribution in [1.82, 2.24) is 10.3 Å². The van der Waals surface area contributed by atoms with Gasteiger partial charge in [0.1, 0.15) is 5.82 Å². The zero-order valence-electron chi connectivity index (χ0n) is 11.2. The number of pyridine rings is 1. The summed E-state index contributed by atoms with van der Waals surface area (Å²) in [5.74, 6) is -0.469. The van der Waals surface area contributed by atoms with E-state index in [2.05, 4.69) is 10.3 Å². The second kappa shape index (κ2) is 6.14. The van der Waals surface area contributed by atoms with E-state index in [0.29, 0.717) is 29.9 Å². The highest BCUT2D eigenvalue weighted by Gasteiger charge is 2.09. The molecular weight excluding hydrogens is 257 g/mol. The van der Waals surface area contributed by atoms with Crippen LogP contribution in [0.3, 0.4) is 0 Å². The number of carbonyl (C=O) groups is 1. The molecule has 0 aliphatic rings. The highest BCUT2D eigenvalue weighted by atomic mass is 19.1. The number of nitrogens with one attached hydrogen (secondary N) is 1. The number of nitrogens with zero attached hydrogens (tertiary/aromatic N) is 1. The lowest BCUT2D eigenvalue weighted by molar-refractivity contribution is 0.0953. The molecule has 4 nitrogen and oxygen atoms in total. The van der Waals surface area contributed by atoms with Crippen molar-refractivity contribution in [2.45, 2.75) is 13.3 Å². The van der Waals surface area contributed by atoms with Gasteiger partial charge in [0.05, 0.1) is 23.1 Å². The average Bonchev–Trinajstić information content (AvgIpc) is 2.43. The van der Waals surface area contributed by atoms with Gasteiger partial charge in [-0.05, 0) is 37.1 Å². The Morgan fingerprint density at radius 2 is 2.05 bits per heavy atom. The van der Waals surface area contributed by atoms with Crippen molar-refractivity contribution in [2.75, 3.05) is 12.3 Å². The molecule has 0 aliphatic carbocycles. The molecule has 2 aromatic rings. The summed E-state index contributed by atoms with van der Waals surface area (Å²) >= 11 is 0. The summed E-state index contributed by atoms with van der Waals surface area (Å²) in [4.78, 5) is 16.0. The third kappa shape index (κ3) is 3.54. The van der Waals surface area contributed by atoms with Crippen molar-refractivity contribution in [3.8, 4) is 0 Å². The Bertz CT molecular complexity index is 611. The number of nitrogen functional groups attached to an aromatic ring is 1. The molecule has 0 spiro atoms. The lowest BCUT2D eigenvalue weighted by Gasteiger charge is -2.08. The van der Waals surface area contributed by atoms with E-state index in [0.717, 1.165) is 5.56 Å². The fourth-order valence-corrected chi connectivity index (χ4v) is 1.85. The summed E-state index contributed by atoms with van der Waals surface area (Å²) in [7, 11) is 0. The number of nitrogens with two attached hydrogens (primary N) is 1. The topological polar surface area (TPSA) is 68.0 Å². The van der Waals surface area contributed by atoms with Crippen LogP contribution in [0.1, 0.15) is 21.6 Å². The number of hydrogen-bond donors (Lipinski definition) is 2. The first-order valence-corrected chi connectivity index (χ1v) is 6.31. The summed E-state index contributed by atoms with van der Waals surface area (Å²) in [6, 6.07) is 7.82. The largest absolute Gasteiger partial charge is 0.397 e. The van der Waals surface area contributed by atoms with Crippen molar-refractivity contribution >= 4 is 11.6 Å². The van der Waals surface area contributed by atoms with Crippen molar-refractivity contribution in [1.29, 1.82) is 0 Å². The number of benzene rings is 1. The predicted molar refractivity (Wildman–Crippen MR) is 75.8 cm³/mol. The Kier molecular flexibility index (Phi) is 4.30. The molecule has 3 N–H and O–H groups in total. The smallest absolute Gasteiger partial charge is 0.253 e. The maximum atomic E-state index is 12.8. The van der Waals surface area contributed by atoms with Gasteiger partial charge in [-0.2, -0.15) is 0 Å². The maximum Gasteiger partial charge on any atom is 0.253 e. The van der Waals surface area contributed by atoms with E-state index in [1.54, 1.807) is 25.1 Å². The molecule has 1 heterocycles. The van der Waals surface area contributed by atoms with Crippen molar-refractivity contribution < 1.29 is 9.18 Å². The minimum atomic E-state index is -0.265. The number of halogens is 1. The SMILES string of the molecule is Cc1ncc(N)cc1C(=O)NCCc1ccc(F)cc1. The van der Waals surface area contributed by atoms with Gasteiger partial charge in [-0.3, -0.25) is 9.78 Å². The molecule has 1 aromatic carbocycles. The number of aryl methyl sites for hydroxylation is 1. The minimum Gasteiger partial charge on any atom is -0.397 e. The molecule has 2 rings (SSSR count). The first-order valence-electron chi connectivity index (χ1n) is 6.31. The summed E-state index contributed by atoms with van der Waals surface area (Å²) in [5, 5.41) is 2.80. The first kappa shape index (κ1) is 14.0. The summed E-state index contributed by atoms with van der Waals surface area (Å²) in [5.41, 5.74) is 8.16. The molecule has 5 heteroatoms. The molecule has 0 saturated carbocycles. The number of anilines is 1. The van der Waals surface area contributed by atoms with Gasteiger partial charge in [-0.1, -0.05) is 12.1 Å². The Balaban J connectivity index is 1.92. The molecule has 104 valence electrons. The van der Waals surface area contributed by atoms with Crippen LogP contribution < -0.4 is 11.1 Å². The van der Waals surface area contributed by atoms with E-state index in [1.807, 2.05) is 0 Å². The highest BCUT2D eigenvalue weighted by Crippen LogP contribution is 2.09. The monoisotopic (exact) mass is 273 g/mol. The molecule has 0 unspecified atom stereocenters. The van der Waals surface area contributed by atoms with Crippen molar-refractivity contribution in [3.05, 3.63) is 59.2 Å². The van der Waals surface area contributed by atoms with Crippen LogP contribution in [-0.2, 0) is 6.42 Å². The lowest BCUT2D eigenvalue weighted by atomic mass is 10.1. The van der Waals surface area contributed by atoms with E-state index in [1.165, 1.54) is 18.3 Å². The zero-order chi connectivity index (χ0) is 14.5. The van der Waals surface area contributed by atoms with Gasteiger partial charge in [0.15, 0.2) is 0 Å². The Morgan fingerprint density at radius 1 is 1.35 bits per heavy atom. The van der Waals surface area contributed by atoms with E-state index >= 15 is 0 Å². The number of carbonyl (C=O) groups excluding carboxylic acids is 1. The van der Waals surface area contributed by atoms with Crippen molar-refractivity contribution in [3.63, 3.8) is 0 Å². The summed E-state index contributed by atoms with van der Waals surface area (Å²) in [6.07, 6.45) is 2.16. The van der Waals surface area contributed by atoms with Gasteiger partial charge in [-0.25, -0.2) is 4.39 Å². The van der Waals surface area contributed by atoms with Crippen LogP contribution in [0.15, 0.2) is 36.5 Å². The van der Waals surface area contributed by atoms with Crippen LogP contribution in [-0.4, -0.2) is 17.4 Å². The van der Waals surface area contributed by atoms with Crippen LogP contribution in [0, 0.1) is 12.7 Å². The van der Waals surface area contributed by atoms with Gasteiger partial charge >= 0.3 is 0 Å². The maximum absolute atomic E-state index is 12.8. The molecular formula is C15H16FN3O. The van der Waals surface area contributed by atoms with Crippen molar-refractivity contribution in [2.24, 2.45) is 0 Å². The van der Waals surface area contributed by atoms with E-state index in [-0.39, 0.29) is 11.7 Å². The van der Waals surface area contributed by atoms with Gasteiger partial charge in [0.25, 0.3) is 5.91 Å². The normalized spacial score (nSPS) is 10.3. The molecule has 20 heavy (non-hydrogen) atoms. The molecule has 0 bridgehead atoms. The number of aromatic nitrogens is 1. The minimum absolute atomic E-state index is 0.204. The average molecular weight is 273 g/mol. The standard InChI is InChI=1S/C15H16FN3O/c1-10-14(8-13(17)9-19-10)15(20)18-7-6-11-2-4-12(16)5-3-11/h2-5,8-9H,6-7,17H2,1H3,(H,18,20). The predicted octanol–water partition coefficient (Wildman–Crippen LogP) is 2.08. The lowest BCUT2D eigenvalue weighted by Crippen LogP contribution is -2.26. The Morgan fingerprint density at radius 3 is 2.75 bits per heavy atom. The second-order valence-electron chi connectivity index (χ2n) is 4.53. The fraction of sp³-hybridized carbons (Fsp3) is 0.200. The van der Waals surface area contributed by atoms with E-state index in [4.69, 9.17) is 5.73 Å². The second-order valence-corrected chi connectivity index (χ2v) is 4.53. The number of hydrogen-bond acceptors (Lipinski definition) is 3. The highest BCUT2D eigenvalue weighted by molar-refractivity contribution is 5.95.